The van der Waals surface area contributed by atoms with Crippen LogP contribution in [0.2, 0.25) is 0 Å². The summed E-state index contributed by atoms with van der Waals surface area (Å²) in [5, 5.41) is 2.72. The highest BCUT2D eigenvalue weighted by Crippen LogP contribution is 2.11. The van der Waals surface area contributed by atoms with Crippen LogP contribution < -0.4 is 5.32 Å². The molecule has 1 saturated heterocycles. The van der Waals surface area contributed by atoms with Gasteiger partial charge in [-0.15, -0.1) is 6.42 Å². The van der Waals surface area contributed by atoms with E-state index in [9.17, 15) is 9.59 Å². The standard InChI is InChI=1S/C15H16N2O2/c1-3-11(2)17-10-14(18)16-13(15(17)19)9-12-7-5-4-6-8-12/h1,4-8,11,13H,9-10H2,2H3,(H,16,18). The van der Waals surface area contributed by atoms with Gasteiger partial charge in [0.2, 0.25) is 11.8 Å². The quantitative estimate of drug-likeness (QED) is 0.804. The number of hydrogen-bond acceptors (Lipinski definition) is 2. The van der Waals surface area contributed by atoms with Crippen LogP contribution in [0, 0.1) is 12.3 Å². The first-order valence-electron chi connectivity index (χ1n) is 6.21. The Morgan fingerprint density at radius 1 is 1.42 bits per heavy atom. The molecule has 0 spiro atoms. The third-order valence-electron chi connectivity index (χ3n) is 3.22. The molecule has 0 aliphatic carbocycles. The topological polar surface area (TPSA) is 49.4 Å². The number of benzene rings is 1. The molecule has 4 heteroatoms. The fraction of sp³-hybridized carbons (Fsp3) is 0.333. The Balaban J connectivity index is 2.14. The van der Waals surface area contributed by atoms with Gasteiger partial charge in [0.1, 0.15) is 12.6 Å². The third kappa shape index (κ3) is 2.94. The molecular weight excluding hydrogens is 240 g/mol. The van der Waals surface area contributed by atoms with E-state index >= 15 is 0 Å². The van der Waals surface area contributed by atoms with E-state index in [1.54, 1.807) is 6.92 Å². The molecule has 2 amide bonds. The van der Waals surface area contributed by atoms with Crippen LogP contribution in [0.1, 0.15) is 12.5 Å². The van der Waals surface area contributed by atoms with Crippen LogP contribution in [0.25, 0.3) is 0 Å². The number of rotatable bonds is 3. The first kappa shape index (κ1) is 13.2. The van der Waals surface area contributed by atoms with Crippen molar-refractivity contribution in [2.24, 2.45) is 0 Å². The molecule has 0 radical (unpaired) electrons. The van der Waals surface area contributed by atoms with Gasteiger partial charge >= 0.3 is 0 Å². The number of nitrogens with zero attached hydrogens (tertiary/aromatic N) is 1. The molecule has 1 fully saturated rings. The molecule has 19 heavy (non-hydrogen) atoms. The van der Waals surface area contributed by atoms with E-state index in [4.69, 9.17) is 6.42 Å². The van der Waals surface area contributed by atoms with Crippen LogP contribution >= 0.6 is 0 Å². The van der Waals surface area contributed by atoms with Gasteiger partial charge in [0.25, 0.3) is 0 Å². The largest absolute Gasteiger partial charge is 0.342 e. The van der Waals surface area contributed by atoms with Gasteiger partial charge in [-0.1, -0.05) is 36.3 Å². The summed E-state index contributed by atoms with van der Waals surface area (Å²) in [5.74, 6) is 2.21. The predicted octanol–water partition coefficient (Wildman–Crippen LogP) is 0.578. The summed E-state index contributed by atoms with van der Waals surface area (Å²) in [6, 6.07) is 8.71. The summed E-state index contributed by atoms with van der Waals surface area (Å²) in [4.78, 5) is 25.4. The van der Waals surface area contributed by atoms with Crippen molar-refractivity contribution in [1.29, 1.82) is 0 Å². The summed E-state index contributed by atoms with van der Waals surface area (Å²) in [6.07, 6.45) is 5.82. The lowest BCUT2D eigenvalue weighted by molar-refractivity contribution is -0.145. The molecular formula is C15H16N2O2. The van der Waals surface area contributed by atoms with Crippen molar-refractivity contribution in [3.8, 4) is 12.3 Å². The summed E-state index contributed by atoms with van der Waals surface area (Å²) in [6.45, 7) is 1.78. The average molecular weight is 256 g/mol. The minimum atomic E-state index is -0.528. The Morgan fingerprint density at radius 3 is 2.74 bits per heavy atom. The first-order valence-corrected chi connectivity index (χ1v) is 6.21. The molecule has 1 heterocycles. The number of hydrogen-bond donors (Lipinski definition) is 1. The SMILES string of the molecule is C#CC(C)N1CC(=O)NC(Cc2ccccc2)C1=O. The number of nitrogens with one attached hydrogen (secondary N) is 1. The molecule has 2 atom stereocenters. The summed E-state index contributed by atoms with van der Waals surface area (Å²) in [5.41, 5.74) is 1.01. The lowest BCUT2D eigenvalue weighted by Gasteiger charge is -2.34. The molecule has 1 aliphatic heterocycles. The average Bonchev–Trinajstić information content (AvgIpc) is 2.42. The van der Waals surface area contributed by atoms with Gasteiger partial charge < -0.3 is 10.2 Å². The lowest BCUT2D eigenvalue weighted by atomic mass is 10.0. The second-order valence-electron chi connectivity index (χ2n) is 4.62. The number of carbonyl (C=O) groups excluding carboxylic acids is 2. The molecule has 4 nitrogen and oxygen atoms in total. The molecule has 0 bridgehead atoms. The maximum absolute atomic E-state index is 12.3. The number of amides is 2. The Hall–Kier alpha value is -2.28. The molecule has 2 rings (SSSR count). The minimum Gasteiger partial charge on any atom is -0.342 e. The molecule has 1 N–H and O–H groups in total. The normalized spacial score (nSPS) is 20.6. The van der Waals surface area contributed by atoms with E-state index in [0.29, 0.717) is 6.42 Å². The van der Waals surface area contributed by atoms with Gasteiger partial charge in [0, 0.05) is 6.42 Å². The van der Waals surface area contributed by atoms with Gasteiger partial charge in [0.05, 0.1) is 6.04 Å². The van der Waals surface area contributed by atoms with Crippen molar-refractivity contribution in [1.82, 2.24) is 10.2 Å². The molecule has 1 aromatic rings. The monoisotopic (exact) mass is 256 g/mol. The van der Waals surface area contributed by atoms with Crippen LogP contribution in [0.5, 0.6) is 0 Å². The molecule has 0 aromatic heterocycles. The lowest BCUT2D eigenvalue weighted by Crippen LogP contribution is -2.60. The van der Waals surface area contributed by atoms with E-state index in [-0.39, 0.29) is 24.4 Å². The molecule has 98 valence electrons. The Labute approximate surface area is 112 Å². The smallest absolute Gasteiger partial charge is 0.246 e. The van der Waals surface area contributed by atoms with Crippen molar-refractivity contribution in [3.63, 3.8) is 0 Å². The second kappa shape index (κ2) is 5.57. The van der Waals surface area contributed by atoms with E-state index in [2.05, 4.69) is 11.2 Å². The molecule has 0 saturated carbocycles. The highest BCUT2D eigenvalue weighted by molar-refractivity contribution is 5.95. The molecule has 1 aliphatic rings. The van der Waals surface area contributed by atoms with Gasteiger partial charge in [0.15, 0.2) is 0 Å². The fourth-order valence-corrected chi connectivity index (χ4v) is 2.14. The maximum Gasteiger partial charge on any atom is 0.246 e. The van der Waals surface area contributed by atoms with E-state index in [0.717, 1.165) is 5.56 Å². The van der Waals surface area contributed by atoms with Gasteiger partial charge in [-0.25, -0.2) is 0 Å². The van der Waals surface area contributed by atoms with E-state index in [1.807, 2.05) is 30.3 Å². The first-order chi connectivity index (χ1) is 9.11. The maximum atomic E-state index is 12.3. The zero-order valence-corrected chi connectivity index (χ0v) is 10.8. The fourth-order valence-electron chi connectivity index (χ4n) is 2.14. The molecule has 1 aromatic carbocycles. The molecule has 2 unspecified atom stereocenters. The van der Waals surface area contributed by atoms with E-state index in [1.165, 1.54) is 4.90 Å². The van der Waals surface area contributed by atoms with Crippen molar-refractivity contribution >= 4 is 11.8 Å². The van der Waals surface area contributed by atoms with Crippen molar-refractivity contribution in [2.45, 2.75) is 25.4 Å². The third-order valence-corrected chi connectivity index (χ3v) is 3.22. The van der Waals surface area contributed by atoms with Crippen LogP contribution in [0.4, 0.5) is 0 Å². The van der Waals surface area contributed by atoms with Gasteiger partial charge in [-0.2, -0.15) is 0 Å². The Kier molecular flexibility index (Phi) is 3.86. The van der Waals surface area contributed by atoms with Crippen molar-refractivity contribution in [2.75, 3.05) is 6.54 Å². The predicted molar refractivity (Wildman–Crippen MR) is 72.1 cm³/mol. The summed E-state index contributed by atoms with van der Waals surface area (Å²) >= 11 is 0. The van der Waals surface area contributed by atoms with E-state index < -0.39 is 6.04 Å². The highest BCUT2D eigenvalue weighted by Gasteiger charge is 2.34. The van der Waals surface area contributed by atoms with Crippen LogP contribution in [0.15, 0.2) is 30.3 Å². The van der Waals surface area contributed by atoms with Gasteiger partial charge in [-0.3, -0.25) is 9.59 Å². The Morgan fingerprint density at radius 2 is 2.11 bits per heavy atom. The van der Waals surface area contributed by atoms with Crippen molar-refractivity contribution in [3.05, 3.63) is 35.9 Å². The van der Waals surface area contributed by atoms with Crippen molar-refractivity contribution < 1.29 is 9.59 Å². The zero-order chi connectivity index (χ0) is 13.8. The second-order valence-corrected chi connectivity index (χ2v) is 4.62. The van der Waals surface area contributed by atoms with Crippen LogP contribution in [-0.2, 0) is 16.0 Å². The van der Waals surface area contributed by atoms with Gasteiger partial charge in [-0.05, 0) is 12.5 Å². The minimum absolute atomic E-state index is 0.0372. The zero-order valence-electron chi connectivity index (χ0n) is 10.8. The number of carbonyl (C=O) groups is 2. The summed E-state index contributed by atoms with van der Waals surface area (Å²) in [7, 11) is 0. The number of piperazine rings is 1. The van der Waals surface area contributed by atoms with Crippen LogP contribution in [-0.4, -0.2) is 35.3 Å². The summed E-state index contributed by atoms with van der Waals surface area (Å²) < 4.78 is 0. The number of terminal acetylenes is 1. The van der Waals surface area contributed by atoms with Crippen LogP contribution in [0.3, 0.4) is 0 Å². The Bertz CT molecular complexity index is 519. The highest BCUT2D eigenvalue weighted by atomic mass is 16.2.